The summed E-state index contributed by atoms with van der Waals surface area (Å²) in [5, 5.41) is 23.0. The van der Waals surface area contributed by atoms with Crippen molar-refractivity contribution in [3.8, 4) is 5.75 Å². The standard InChI is InChI=1S/C21H25N2O10P/c1-13(19(26)29-2)23-34(28,33-15-8-4-3-5-9-15)30-12-16-17(24)18(25)21(31-16)32-20(27)14-7-6-10-22-11-14/h3-11,13,16-18,21,24-25H,12H2,1-2H3,(H,23,28)/t13?,16?,17-,18-,21?,34?/m1/s1. The molecule has 3 N–H and O–H groups in total. The van der Waals surface area contributed by atoms with Crippen LogP contribution >= 0.6 is 7.75 Å². The lowest BCUT2D eigenvalue weighted by molar-refractivity contribution is -0.142. The first kappa shape index (κ1) is 25.8. The van der Waals surface area contributed by atoms with Crippen molar-refractivity contribution in [3.63, 3.8) is 0 Å². The summed E-state index contributed by atoms with van der Waals surface area (Å²) in [5.74, 6) is -1.35. The second kappa shape index (κ2) is 11.5. The van der Waals surface area contributed by atoms with Crippen molar-refractivity contribution in [1.29, 1.82) is 0 Å². The van der Waals surface area contributed by atoms with E-state index in [1.54, 1.807) is 18.2 Å². The van der Waals surface area contributed by atoms with E-state index in [0.29, 0.717) is 0 Å². The first-order valence-electron chi connectivity index (χ1n) is 10.2. The van der Waals surface area contributed by atoms with Gasteiger partial charge in [0.15, 0.2) is 0 Å². The summed E-state index contributed by atoms with van der Waals surface area (Å²) in [5.41, 5.74) is 0.120. The fraction of sp³-hybridized carbons (Fsp3) is 0.381. The third kappa shape index (κ3) is 6.60. The predicted molar refractivity (Wildman–Crippen MR) is 116 cm³/mol. The Kier molecular flexibility index (Phi) is 8.72. The minimum absolute atomic E-state index is 0.120. The lowest BCUT2D eigenvalue weighted by Gasteiger charge is -2.24. The van der Waals surface area contributed by atoms with Crippen LogP contribution in [0.3, 0.4) is 0 Å². The minimum Gasteiger partial charge on any atom is -0.468 e. The molecule has 0 spiro atoms. The van der Waals surface area contributed by atoms with E-state index in [2.05, 4.69) is 14.8 Å². The van der Waals surface area contributed by atoms with Gasteiger partial charge in [-0.3, -0.25) is 14.3 Å². The fourth-order valence-electron chi connectivity index (χ4n) is 2.95. The van der Waals surface area contributed by atoms with Crippen molar-refractivity contribution in [2.45, 2.75) is 37.6 Å². The molecule has 0 radical (unpaired) electrons. The molecule has 6 atom stereocenters. The van der Waals surface area contributed by atoms with Crippen molar-refractivity contribution in [3.05, 3.63) is 60.4 Å². The fourth-order valence-corrected chi connectivity index (χ4v) is 4.46. The van der Waals surface area contributed by atoms with Crippen LogP contribution in [0.1, 0.15) is 17.3 Å². The average molecular weight is 496 g/mol. The number of aliphatic hydroxyl groups excluding tert-OH is 2. The molecule has 34 heavy (non-hydrogen) atoms. The van der Waals surface area contributed by atoms with Crippen molar-refractivity contribution in [2.75, 3.05) is 13.7 Å². The maximum atomic E-state index is 13.3. The maximum Gasteiger partial charge on any atom is 0.459 e. The smallest absolute Gasteiger partial charge is 0.459 e. The molecule has 0 bridgehead atoms. The second-order valence-electron chi connectivity index (χ2n) is 7.24. The van der Waals surface area contributed by atoms with Crippen LogP contribution in [-0.4, -0.2) is 71.5 Å². The Labute approximate surface area is 195 Å². The SMILES string of the molecule is COC(=O)C(C)NP(=O)(OCC1OC(OC(=O)c2cccnc2)[C@H](O)[C@@H]1O)Oc1ccccc1. The number of pyridine rings is 1. The highest BCUT2D eigenvalue weighted by atomic mass is 31.2. The van der Waals surface area contributed by atoms with Gasteiger partial charge in [0.2, 0.25) is 6.29 Å². The van der Waals surface area contributed by atoms with Gasteiger partial charge in [0.25, 0.3) is 0 Å². The summed E-state index contributed by atoms with van der Waals surface area (Å²) in [4.78, 5) is 27.8. The number of carbonyl (C=O) groups is 2. The number of benzene rings is 1. The molecule has 1 aliphatic rings. The number of carbonyl (C=O) groups excluding carboxylic acids is 2. The van der Waals surface area contributed by atoms with E-state index in [4.69, 9.17) is 18.5 Å². The number of hydrogen-bond acceptors (Lipinski definition) is 11. The summed E-state index contributed by atoms with van der Waals surface area (Å²) in [6, 6.07) is 9.99. The van der Waals surface area contributed by atoms with Crippen molar-refractivity contribution < 1.29 is 47.6 Å². The molecule has 0 saturated carbocycles. The Morgan fingerprint density at radius 2 is 1.91 bits per heavy atom. The highest BCUT2D eigenvalue weighted by molar-refractivity contribution is 7.52. The summed E-state index contributed by atoms with van der Waals surface area (Å²) in [6.45, 7) is 0.860. The van der Waals surface area contributed by atoms with E-state index in [9.17, 15) is 24.4 Å². The van der Waals surface area contributed by atoms with Crippen LogP contribution in [-0.2, 0) is 28.1 Å². The van der Waals surface area contributed by atoms with E-state index in [-0.39, 0.29) is 11.3 Å². The van der Waals surface area contributed by atoms with Gasteiger partial charge in [-0.05, 0) is 31.2 Å². The molecule has 0 amide bonds. The van der Waals surface area contributed by atoms with Crippen molar-refractivity contribution >= 4 is 19.7 Å². The summed E-state index contributed by atoms with van der Waals surface area (Å²) >= 11 is 0. The minimum atomic E-state index is -4.20. The first-order chi connectivity index (χ1) is 16.2. The van der Waals surface area contributed by atoms with Crippen LogP contribution in [0, 0.1) is 0 Å². The van der Waals surface area contributed by atoms with Crippen molar-refractivity contribution in [1.82, 2.24) is 10.1 Å². The number of ether oxygens (including phenoxy) is 3. The molecule has 0 aliphatic carbocycles. The van der Waals surface area contributed by atoms with Crippen LogP contribution in [0.5, 0.6) is 5.75 Å². The number of para-hydroxylation sites is 1. The summed E-state index contributed by atoms with van der Waals surface area (Å²) in [6.07, 6.45) is -3.12. The number of aromatic nitrogens is 1. The molecule has 4 unspecified atom stereocenters. The third-order valence-electron chi connectivity index (χ3n) is 4.72. The Bertz CT molecular complexity index is 1010. The topological polar surface area (TPSA) is 163 Å². The molecular formula is C21H25N2O10P. The molecule has 1 saturated heterocycles. The Balaban J connectivity index is 1.66. The highest BCUT2D eigenvalue weighted by Crippen LogP contribution is 2.45. The van der Waals surface area contributed by atoms with Gasteiger partial charge in [-0.2, -0.15) is 5.09 Å². The van der Waals surface area contributed by atoms with Crippen LogP contribution in [0.4, 0.5) is 0 Å². The van der Waals surface area contributed by atoms with Gasteiger partial charge in [-0.1, -0.05) is 18.2 Å². The highest BCUT2D eigenvalue weighted by Gasteiger charge is 2.46. The molecule has 1 fully saturated rings. The zero-order valence-corrected chi connectivity index (χ0v) is 19.2. The van der Waals surface area contributed by atoms with E-state index < -0.39 is 56.9 Å². The number of hydrogen-bond donors (Lipinski definition) is 3. The molecule has 13 heteroatoms. The molecular weight excluding hydrogens is 471 g/mol. The average Bonchev–Trinajstić information content (AvgIpc) is 3.11. The lowest BCUT2D eigenvalue weighted by Crippen LogP contribution is -2.37. The van der Waals surface area contributed by atoms with Gasteiger partial charge in [0, 0.05) is 12.4 Å². The van der Waals surface area contributed by atoms with Gasteiger partial charge in [0.1, 0.15) is 30.1 Å². The van der Waals surface area contributed by atoms with E-state index in [1.807, 2.05) is 0 Å². The molecule has 2 heterocycles. The molecule has 1 aromatic carbocycles. The molecule has 1 aromatic heterocycles. The lowest BCUT2D eigenvalue weighted by atomic mass is 10.1. The second-order valence-corrected chi connectivity index (χ2v) is 8.94. The number of esters is 2. The quantitative estimate of drug-likeness (QED) is 0.317. The van der Waals surface area contributed by atoms with Gasteiger partial charge >= 0.3 is 19.7 Å². The van der Waals surface area contributed by atoms with Crippen molar-refractivity contribution in [2.24, 2.45) is 0 Å². The third-order valence-corrected chi connectivity index (χ3v) is 6.37. The largest absolute Gasteiger partial charge is 0.468 e. The van der Waals surface area contributed by atoms with Crippen LogP contribution in [0.15, 0.2) is 54.9 Å². The normalized spacial score (nSPS) is 24.6. The number of rotatable bonds is 10. The van der Waals surface area contributed by atoms with Crippen LogP contribution < -0.4 is 9.61 Å². The van der Waals surface area contributed by atoms with E-state index >= 15 is 0 Å². The van der Waals surface area contributed by atoms with Crippen LogP contribution in [0.2, 0.25) is 0 Å². The zero-order chi connectivity index (χ0) is 24.7. The Morgan fingerprint density at radius 3 is 2.56 bits per heavy atom. The molecule has 3 rings (SSSR count). The monoisotopic (exact) mass is 496 g/mol. The summed E-state index contributed by atoms with van der Waals surface area (Å²) < 4.78 is 39.4. The molecule has 1 aliphatic heterocycles. The predicted octanol–water partition coefficient (Wildman–Crippen LogP) is 1.04. The zero-order valence-electron chi connectivity index (χ0n) is 18.3. The number of aliphatic hydroxyl groups is 2. The van der Waals surface area contributed by atoms with Gasteiger partial charge < -0.3 is 28.9 Å². The van der Waals surface area contributed by atoms with E-state index in [1.165, 1.54) is 50.7 Å². The maximum absolute atomic E-state index is 13.3. The van der Waals surface area contributed by atoms with Gasteiger partial charge in [0.05, 0.1) is 19.3 Å². The number of nitrogens with one attached hydrogen (secondary N) is 1. The molecule has 184 valence electrons. The summed E-state index contributed by atoms with van der Waals surface area (Å²) in [7, 11) is -3.03. The molecule has 12 nitrogen and oxygen atoms in total. The van der Waals surface area contributed by atoms with Gasteiger partial charge in [-0.15, -0.1) is 0 Å². The van der Waals surface area contributed by atoms with Crippen LogP contribution in [0.25, 0.3) is 0 Å². The van der Waals surface area contributed by atoms with Gasteiger partial charge in [-0.25, -0.2) is 9.36 Å². The number of methoxy groups -OCH3 is 1. The molecule has 2 aromatic rings. The first-order valence-corrected chi connectivity index (χ1v) is 11.7. The Morgan fingerprint density at radius 1 is 1.18 bits per heavy atom. The number of nitrogens with zero attached hydrogens (tertiary/aromatic N) is 1. The Hall–Kier alpha value is -2.86. The van der Waals surface area contributed by atoms with E-state index in [0.717, 1.165) is 0 Å².